The Morgan fingerprint density at radius 1 is 1.00 bits per heavy atom. The van der Waals surface area contributed by atoms with Crippen LogP contribution in [-0.4, -0.2) is 45.0 Å². The summed E-state index contributed by atoms with van der Waals surface area (Å²) in [6, 6.07) is 7.94. The maximum atomic E-state index is 4.37. The maximum Gasteiger partial charge on any atom is 0.205 e. The second-order valence-corrected chi connectivity index (χ2v) is 7.89. The quantitative estimate of drug-likeness (QED) is 0.719. The molecule has 132 valence electrons. The minimum absolute atomic E-state index is 0.602. The van der Waals surface area contributed by atoms with Gasteiger partial charge in [-0.1, -0.05) is 11.3 Å². The van der Waals surface area contributed by atoms with E-state index in [1.807, 2.05) is 24.3 Å². The Hall–Kier alpha value is -2.61. The number of anilines is 2. The molecule has 0 radical (unpaired) electrons. The van der Waals surface area contributed by atoms with E-state index in [1.54, 1.807) is 23.7 Å². The molecule has 1 N–H and O–H groups in total. The molecule has 4 heterocycles. The third-order valence-electron chi connectivity index (χ3n) is 4.82. The molecule has 2 fully saturated rings. The maximum absolute atomic E-state index is 4.37. The second-order valence-electron chi connectivity index (χ2n) is 6.88. The topological polar surface area (TPSA) is 79.7 Å². The molecule has 0 spiro atoms. The van der Waals surface area contributed by atoms with Crippen LogP contribution in [0.1, 0.15) is 23.8 Å². The molecular weight excluding hydrogens is 346 g/mol. The van der Waals surface area contributed by atoms with Crippen LogP contribution in [0.4, 0.5) is 10.9 Å². The lowest BCUT2D eigenvalue weighted by atomic mass is 10.0. The summed E-state index contributed by atoms with van der Waals surface area (Å²) in [5.41, 5.74) is 1.91. The van der Waals surface area contributed by atoms with Crippen LogP contribution >= 0.6 is 11.3 Å². The molecule has 8 heteroatoms. The predicted octanol–water partition coefficient (Wildman–Crippen LogP) is 2.82. The SMILES string of the molecule is c1cc(-c2ccc(N3CC(CNc4nnc(C5CC5)s4)C3)nn2)ccn1. The smallest absolute Gasteiger partial charge is 0.205 e. The van der Waals surface area contributed by atoms with E-state index >= 15 is 0 Å². The molecule has 0 unspecified atom stereocenters. The zero-order valence-corrected chi connectivity index (χ0v) is 15.1. The number of hydrogen-bond acceptors (Lipinski definition) is 8. The number of nitrogens with zero attached hydrogens (tertiary/aromatic N) is 6. The van der Waals surface area contributed by atoms with Crippen molar-refractivity contribution in [2.45, 2.75) is 18.8 Å². The van der Waals surface area contributed by atoms with E-state index < -0.39 is 0 Å². The van der Waals surface area contributed by atoms with Crippen LogP contribution < -0.4 is 10.2 Å². The van der Waals surface area contributed by atoms with E-state index in [2.05, 4.69) is 35.6 Å². The van der Waals surface area contributed by atoms with Gasteiger partial charge < -0.3 is 10.2 Å². The Kier molecular flexibility index (Phi) is 3.97. The molecule has 0 bridgehead atoms. The molecule has 0 aromatic carbocycles. The van der Waals surface area contributed by atoms with Crippen molar-refractivity contribution in [3.63, 3.8) is 0 Å². The summed E-state index contributed by atoms with van der Waals surface area (Å²) >= 11 is 1.70. The normalized spacial score (nSPS) is 17.2. The third-order valence-corrected chi connectivity index (χ3v) is 5.86. The molecule has 1 aliphatic heterocycles. The fraction of sp³-hybridized carbons (Fsp3) is 0.389. The van der Waals surface area contributed by atoms with Crippen molar-refractivity contribution in [1.29, 1.82) is 0 Å². The first-order valence-corrected chi connectivity index (χ1v) is 9.73. The van der Waals surface area contributed by atoms with E-state index in [9.17, 15) is 0 Å². The highest BCUT2D eigenvalue weighted by molar-refractivity contribution is 7.15. The average Bonchev–Trinajstić information content (AvgIpc) is 3.40. The van der Waals surface area contributed by atoms with Gasteiger partial charge in [0, 0.05) is 49.4 Å². The van der Waals surface area contributed by atoms with Gasteiger partial charge in [0.2, 0.25) is 5.13 Å². The first-order valence-electron chi connectivity index (χ1n) is 8.91. The van der Waals surface area contributed by atoms with Gasteiger partial charge in [-0.3, -0.25) is 4.98 Å². The van der Waals surface area contributed by atoms with Crippen molar-refractivity contribution in [2.24, 2.45) is 5.92 Å². The number of aromatic nitrogens is 5. The minimum Gasteiger partial charge on any atom is -0.360 e. The van der Waals surface area contributed by atoms with Gasteiger partial charge in [0.05, 0.1) is 5.69 Å². The predicted molar refractivity (Wildman–Crippen MR) is 101 cm³/mol. The Morgan fingerprint density at radius 3 is 2.58 bits per heavy atom. The van der Waals surface area contributed by atoms with E-state index in [0.29, 0.717) is 11.8 Å². The lowest BCUT2D eigenvalue weighted by Crippen LogP contribution is -2.50. The molecule has 3 aromatic rings. The average molecular weight is 365 g/mol. The van der Waals surface area contributed by atoms with Crippen LogP contribution in [0.3, 0.4) is 0 Å². The number of hydrogen-bond donors (Lipinski definition) is 1. The van der Waals surface area contributed by atoms with Crippen LogP contribution in [0.2, 0.25) is 0 Å². The summed E-state index contributed by atoms with van der Waals surface area (Å²) in [7, 11) is 0. The molecule has 1 aliphatic carbocycles. The standard InChI is InChI=1S/C18H19N7S/c1-2-14(1)17-23-24-18(26-17)20-9-12-10-25(11-12)16-4-3-15(21-22-16)13-5-7-19-8-6-13/h3-8,12,14H,1-2,9-11H2,(H,20,24). The molecule has 1 saturated carbocycles. The fourth-order valence-electron chi connectivity index (χ4n) is 3.09. The molecule has 7 nitrogen and oxygen atoms in total. The van der Waals surface area contributed by atoms with Crippen molar-refractivity contribution in [1.82, 2.24) is 25.4 Å². The molecule has 3 aromatic heterocycles. The first-order chi connectivity index (χ1) is 12.8. The van der Waals surface area contributed by atoms with Gasteiger partial charge in [-0.05, 0) is 37.1 Å². The Balaban J connectivity index is 1.13. The van der Waals surface area contributed by atoms with Gasteiger partial charge >= 0.3 is 0 Å². The zero-order chi connectivity index (χ0) is 17.3. The van der Waals surface area contributed by atoms with Crippen LogP contribution in [0.5, 0.6) is 0 Å². The van der Waals surface area contributed by atoms with E-state index in [-0.39, 0.29) is 0 Å². The summed E-state index contributed by atoms with van der Waals surface area (Å²) < 4.78 is 0. The van der Waals surface area contributed by atoms with E-state index in [1.165, 1.54) is 17.8 Å². The van der Waals surface area contributed by atoms with E-state index in [0.717, 1.165) is 41.8 Å². The molecule has 5 rings (SSSR count). The van der Waals surface area contributed by atoms with Crippen molar-refractivity contribution in [2.75, 3.05) is 29.9 Å². The largest absolute Gasteiger partial charge is 0.360 e. The van der Waals surface area contributed by atoms with Gasteiger partial charge in [-0.25, -0.2) is 0 Å². The van der Waals surface area contributed by atoms with Crippen LogP contribution in [0.25, 0.3) is 11.3 Å². The number of rotatable bonds is 6. The lowest BCUT2D eigenvalue weighted by Gasteiger charge is -2.39. The van der Waals surface area contributed by atoms with Crippen molar-refractivity contribution >= 4 is 22.3 Å². The number of nitrogens with one attached hydrogen (secondary N) is 1. The highest BCUT2D eigenvalue weighted by atomic mass is 32.1. The summed E-state index contributed by atoms with van der Waals surface area (Å²) in [6.45, 7) is 2.91. The molecule has 26 heavy (non-hydrogen) atoms. The van der Waals surface area contributed by atoms with Gasteiger partial charge in [-0.15, -0.1) is 20.4 Å². The monoisotopic (exact) mass is 365 g/mol. The molecular formula is C18H19N7S. The Labute approximate surface area is 155 Å². The molecule has 0 atom stereocenters. The van der Waals surface area contributed by atoms with Crippen molar-refractivity contribution in [3.8, 4) is 11.3 Å². The second kappa shape index (κ2) is 6.60. The minimum atomic E-state index is 0.602. The third kappa shape index (κ3) is 3.24. The molecule has 2 aliphatic rings. The summed E-state index contributed by atoms with van der Waals surface area (Å²) in [5, 5.41) is 22.8. The van der Waals surface area contributed by atoms with E-state index in [4.69, 9.17) is 0 Å². The van der Waals surface area contributed by atoms with Crippen LogP contribution in [-0.2, 0) is 0 Å². The van der Waals surface area contributed by atoms with Crippen molar-refractivity contribution < 1.29 is 0 Å². The van der Waals surface area contributed by atoms with Gasteiger partial charge in [0.1, 0.15) is 5.01 Å². The van der Waals surface area contributed by atoms with Crippen LogP contribution in [0.15, 0.2) is 36.7 Å². The van der Waals surface area contributed by atoms with Gasteiger partial charge in [0.15, 0.2) is 5.82 Å². The zero-order valence-electron chi connectivity index (χ0n) is 14.2. The molecule has 0 amide bonds. The lowest BCUT2D eigenvalue weighted by molar-refractivity contribution is 0.425. The highest BCUT2D eigenvalue weighted by Crippen LogP contribution is 2.42. The highest BCUT2D eigenvalue weighted by Gasteiger charge is 2.29. The van der Waals surface area contributed by atoms with Crippen molar-refractivity contribution in [3.05, 3.63) is 41.7 Å². The van der Waals surface area contributed by atoms with Gasteiger partial charge in [-0.2, -0.15) is 0 Å². The number of pyridine rings is 1. The Bertz CT molecular complexity index is 870. The summed E-state index contributed by atoms with van der Waals surface area (Å²) in [5.74, 6) is 2.21. The van der Waals surface area contributed by atoms with Gasteiger partial charge in [0.25, 0.3) is 0 Å². The Morgan fingerprint density at radius 2 is 1.85 bits per heavy atom. The van der Waals surface area contributed by atoms with Crippen LogP contribution in [0, 0.1) is 5.92 Å². The molecule has 1 saturated heterocycles. The summed E-state index contributed by atoms with van der Waals surface area (Å²) in [4.78, 5) is 6.28. The fourth-order valence-corrected chi connectivity index (χ4v) is 4.01. The summed E-state index contributed by atoms with van der Waals surface area (Å²) in [6.07, 6.45) is 6.08. The first kappa shape index (κ1) is 15.6.